The molecule has 7 rings (SSSR count). The van der Waals surface area contributed by atoms with Crippen molar-refractivity contribution in [1.29, 1.82) is 0 Å². The molecule has 0 radical (unpaired) electrons. The number of rotatable bonds is 5. The van der Waals surface area contributed by atoms with Gasteiger partial charge in [-0.3, -0.25) is 0 Å². The molecule has 5 heteroatoms. The Hall–Kier alpha value is -1.76. The first-order valence-electron chi connectivity index (χ1n) is 12.9. The van der Waals surface area contributed by atoms with Crippen molar-refractivity contribution in [3.8, 4) is 11.1 Å². The predicted molar refractivity (Wildman–Crippen MR) is 128 cm³/mol. The lowest BCUT2D eigenvalue weighted by Crippen LogP contribution is -2.70. The van der Waals surface area contributed by atoms with Crippen LogP contribution in [0.25, 0.3) is 11.1 Å². The van der Waals surface area contributed by atoms with Crippen molar-refractivity contribution in [3.63, 3.8) is 0 Å². The van der Waals surface area contributed by atoms with Gasteiger partial charge in [0.15, 0.2) is 18.2 Å². The van der Waals surface area contributed by atoms with E-state index >= 15 is 0 Å². The monoisotopic (exact) mass is 464 g/mol. The molecule has 0 amide bonds. The third kappa shape index (κ3) is 3.73. The molecule has 34 heavy (non-hydrogen) atoms. The van der Waals surface area contributed by atoms with Crippen LogP contribution in [0.1, 0.15) is 52.0 Å². The van der Waals surface area contributed by atoms with Crippen LogP contribution in [0.5, 0.6) is 0 Å². The Kier molecular flexibility index (Phi) is 5.82. The van der Waals surface area contributed by atoms with E-state index in [1.54, 1.807) is 0 Å². The predicted octanol–water partition coefficient (Wildman–Crippen LogP) is 6.12. The van der Waals surface area contributed by atoms with Crippen molar-refractivity contribution in [3.05, 3.63) is 60.2 Å². The topological polar surface area (TPSA) is 46.2 Å². The second kappa shape index (κ2) is 8.72. The number of hydrogen-bond donors (Lipinski definition) is 0. The summed E-state index contributed by atoms with van der Waals surface area (Å²) in [5.74, 6) is 0.709. The zero-order valence-electron chi connectivity index (χ0n) is 20.4. The van der Waals surface area contributed by atoms with Crippen LogP contribution in [0, 0.1) is 23.7 Å². The Labute approximate surface area is 202 Å². The highest BCUT2D eigenvalue weighted by molar-refractivity contribution is 5.63. The Bertz CT molecular complexity index is 993. The van der Waals surface area contributed by atoms with Crippen molar-refractivity contribution in [2.45, 2.75) is 76.8 Å². The Morgan fingerprint density at radius 2 is 1.65 bits per heavy atom. The van der Waals surface area contributed by atoms with E-state index in [-0.39, 0.29) is 12.2 Å². The highest BCUT2D eigenvalue weighted by Crippen LogP contribution is 2.60. The van der Waals surface area contributed by atoms with Crippen molar-refractivity contribution in [2.75, 3.05) is 6.61 Å². The van der Waals surface area contributed by atoms with Gasteiger partial charge in [-0.25, -0.2) is 9.78 Å². The number of ether oxygens (including phenoxy) is 3. The summed E-state index contributed by atoms with van der Waals surface area (Å²) in [5, 5.41) is 0. The minimum atomic E-state index is -0.747. The van der Waals surface area contributed by atoms with Crippen LogP contribution in [0.3, 0.4) is 0 Å². The summed E-state index contributed by atoms with van der Waals surface area (Å²) in [6.45, 7) is 7.16. The second-order valence-electron chi connectivity index (χ2n) is 11.0. The van der Waals surface area contributed by atoms with Gasteiger partial charge in [-0.05, 0) is 61.1 Å². The first-order valence-corrected chi connectivity index (χ1v) is 12.9. The molecule has 8 atom stereocenters. The fraction of sp³-hybridized carbons (Fsp3) is 0.586. The zero-order chi connectivity index (χ0) is 23.3. The highest BCUT2D eigenvalue weighted by atomic mass is 17.3. The van der Waals surface area contributed by atoms with E-state index in [1.807, 2.05) is 13.0 Å². The minimum absolute atomic E-state index is 0.210. The van der Waals surface area contributed by atoms with Crippen molar-refractivity contribution in [1.82, 2.24) is 0 Å². The maximum atomic E-state index is 6.52. The summed E-state index contributed by atoms with van der Waals surface area (Å²) in [5.41, 5.74) is 3.21. The van der Waals surface area contributed by atoms with E-state index in [1.165, 1.54) is 23.1 Å². The molecule has 4 aliphatic heterocycles. The molecule has 4 saturated heterocycles. The third-order valence-electron chi connectivity index (χ3n) is 8.83. The smallest absolute Gasteiger partial charge is 0.201 e. The van der Waals surface area contributed by atoms with Crippen LogP contribution in [0.4, 0.5) is 0 Å². The molecular weight excluding hydrogens is 428 g/mol. The molecular formula is C29H36O5. The van der Waals surface area contributed by atoms with Gasteiger partial charge in [-0.1, -0.05) is 68.4 Å². The molecule has 0 N–H and O–H groups in total. The Morgan fingerprint density at radius 1 is 0.882 bits per heavy atom. The molecule has 5 nitrogen and oxygen atoms in total. The summed E-state index contributed by atoms with van der Waals surface area (Å²) < 4.78 is 19.3. The quantitative estimate of drug-likeness (QED) is 0.499. The maximum Gasteiger partial charge on any atom is 0.201 e. The average molecular weight is 465 g/mol. The van der Waals surface area contributed by atoms with Gasteiger partial charge in [0, 0.05) is 18.3 Å². The normalized spacial score (nSPS) is 41.0. The van der Waals surface area contributed by atoms with Gasteiger partial charge in [0.25, 0.3) is 0 Å². The Balaban J connectivity index is 1.14. The van der Waals surface area contributed by atoms with E-state index in [0.717, 1.165) is 25.7 Å². The van der Waals surface area contributed by atoms with Gasteiger partial charge in [0.1, 0.15) is 0 Å². The highest BCUT2D eigenvalue weighted by Gasteiger charge is 2.69. The first-order chi connectivity index (χ1) is 16.5. The number of benzene rings is 2. The number of fused-ring (bicyclic) bond motifs is 2. The van der Waals surface area contributed by atoms with Gasteiger partial charge in [0.2, 0.25) is 5.79 Å². The fourth-order valence-electron chi connectivity index (χ4n) is 6.85. The molecule has 182 valence electrons. The van der Waals surface area contributed by atoms with E-state index in [9.17, 15) is 0 Å². The molecule has 1 saturated carbocycles. The first kappa shape index (κ1) is 22.7. The van der Waals surface area contributed by atoms with E-state index in [4.69, 9.17) is 24.0 Å². The zero-order valence-corrected chi connectivity index (χ0v) is 20.4. The molecule has 0 unspecified atom stereocenters. The molecule has 2 aromatic carbocycles. The van der Waals surface area contributed by atoms with Crippen LogP contribution in [0.2, 0.25) is 0 Å². The molecule has 5 fully saturated rings. The van der Waals surface area contributed by atoms with Crippen LogP contribution in [0.15, 0.2) is 54.6 Å². The number of hydrogen-bond acceptors (Lipinski definition) is 5. The molecule has 0 aromatic heterocycles. The molecule has 1 spiro atoms. The van der Waals surface area contributed by atoms with Gasteiger partial charge < -0.3 is 14.2 Å². The summed E-state index contributed by atoms with van der Waals surface area (Å²) >= 11 is 0. The van der Waals surface area contributed by atoms with Crippen molar-refractivity contribution >= 4 is 0 Å². The minimum Gasteiger partial charge on any atom is -0.352 e. The van der Waals surface area contributed by atoms with Gasteiger partial charge in [-0.15, -0.1) is 0 Å². The van der Waals surface area contributed by atoms with Gasteiger partial charge >= 0.3 is 0 Å². The lowest BCUT2D eigenvalue weighted by molar-refractivity contribution is -0.577. The molecule has 1 aliphatic carbocycles. The molecule has 2 bridgehead atoms. The molecule has 4 heterocycles. The average Bonchev–Trinajstić information content (AvgIpc) is 3.09. The summed E-state index contributed by atoms with van der Waals surface area (Å²) in [4.78, 5) is 12.1. The van der Waals surface area contributed by atoms with Crippen LogP contribution < -0.4 is 0 Å². The largest absolute Gasteiger partial charge is 0.352 e. The van der Waals surface area contributed by atoms with Crippen molar-refractivity contribution in [2.24, 2.45) is 23.7 Å². The lowest BCUT2D eigenvalue weighted by atomic mass is 9.58. The maximum absolute atomic E-state index is 6.52. The van der Waals surface area contributed by atoms with Crippen LogP contribution in [-0.2, 0) is 30.4 Å². The standard InChI is InChI=1S/C29H36O5/c1-19-9-14-25-20(2)26(31-27-29(25)24(19)15-17-28(3,32-27)33-34-29)30-18-16-21-10-12-23(13-11-21)22-7-5-4-6-8-22/h4-8,10-13,19-20,24-27H,9,14-18H2,1-3H3/t19-,20-,24+,25+,26+,27-,28-,29-/m1/s1. The third-order valence-corrected chi connectivity index (χ3v) is 8.83. The van der Waals surface area contributed by atoms with Crippen LogP contribution >= 0.6 is 0 Å². The summed E-state index contributed by atoms with van der Waals surface area (Å²) in [6, 6.07) is 19.2. The van der Waals surface area contributed by atoms with E-state index in [0.29, 0.717) is 24.4 Å². The SMILES string of the molecule is C[C@H]1[C@@H](OCCc2ccc(-c3ccccc3)cc2)O[C@@H]2O[C@@]3(C)CC[C@H]4[C@H](C)CC[C@@H]1[C@@]24OO3. The van der Waals surface area contributed by atoms with Crippen molar-refractivity contribution < 1.29 is 24.0 Å². The van der Waals surface area contributed by atoms with Gasteiger partial charge in [0.05, 0.1) is 6.61 Å². The second-order valence-corrected chi connectivity index (χ2v) is 11.0. The summed E-state index contributed by atoms with van der Waals surface area (Å²) in [6.07, 6.45) is 4.26. The molecule has 5 aliphatic rings. The summed E-state index contributed by atoms with van der Waals surface area (Å²) in [7, 11) is 0. The van der Waals surface area contributed by atoms with E-state index in [2.05, 4.69) is 62.4 Å². The van der Waals surface area contributed by atoms with Crippen LogP contribution in [-0.4, -0.2) is 30.6 Å². The molecule has 2 aromatic rings. The Morgan fingerprint density at radius 3 is 2.44 bits per heavy atom. The van der Waals surface area contributed by atoms with Gasteiger partial charge in [-0.2, -0.15) is 0 Å². The van der Waals surface area contributed by atoms with E-state index < -0.39 is 17.7 Å². The fourth-order valence-corrected chi connectivity index (χ4v) is 6.85. The lowest BCUT2D eigenvalue weighted by Gasteiger charge is -2.60.